The van der Waals surface area contributed by atoms with E-state index in [0.29, 0.717) is 5.41 Å². The molecule has 0 spiro atoms. The smallest absolute Gasteiger partial charge is 0.0379 e. The zero-order chi connectivity index (χ0) is 10.9. The first-order valence-electron chi connectivity index (χ1n) is 5.60. The average Bonchev–Trinajstić information content (AvgIpc) is 2.56. The first-order valence-corrected chi connectivity index (χ1v) is 5.60. The van der Waals surface area contributed by atoms with Gasteiger partial charge in [-0.25, -0.2) is 0 Å². The van der Waals surface area contributed by atoms with Gasteiger partial charge in [-0.1, -0.05) is 25.1 Å². The van der Waals surface area contributed by atoms with Crippen LogP contribution in [0.2, 0.25) is 0 Å². The second-order valence-electron chi connectivity index (χ2n) is 5.01. The van der Waals surface area contributed by atoms with Gasteiger partial charge in [0.15, 0.2) is 0 Å². The van der Waals surface area contributed by atoms with E-state index in [1.807, 2.05) is 0 Å². The lowest BCUT2D eigenvalue weighted by molar-refractivity contribution is 0.342. The molecular weight excluding hydrogens is 184 g/mol. The van der Waals surface area contributed by atoms with E-state index in [1.54, 1.807) is 0 Å². The molecule has 1 N–H and O–H groups in total. The Morgan fingerprint density at radius 1 is 1.33 bits per heavy atom. The van der Waals surface area contributed by atoms with Crippen molar-refractivity contribution in [2.75, 3.05) is 32.5 Å². The quantitative estimate of drug-likeness (QED) is 0.813. The van der Waals surface area contributed by atoms with Crippen molar-refractivity contribution in [1.82, 2.24) is 4.90 Å². The zero-order valence-corrected chi connectivity index (χ0v) is 9.88. The second-order valence-corrected chi connectivity index (χ2v) is 5.01. The molecule has 1 aromatic rings. The number of rotatable bonds is 3. The predicted octanol–water partition coefficient (Wildman–Crippen LogP) is 2.32. The first kappa shape index (κ1) is 10.5. The highest BCUT2D eigenvalue weighted by atomic mass is 15.1. The molecule has 0 aliphatic carbocycles. The molecule has 0 saturated heterocycles. The number of hydrogen-bond donors (Lipinski definition) is 1. The molecule has 0 aromatic heterocycles. The third-order valence-electron chi connectivity index (χ3n) is 3.36. The lowest BCUT2D eigenvalue weighted by atomic mass is 9.81. The van der Waals surface area contributed by atoms with Crippen molar-refractivity contribution < 1.29 is 0 Å². The Balaban J connectivity index is 2.17. The second kappa shape index (κ2) is 3.86. The van der Waals surface area contributed by atoms with Crippen LogP contribution < -0.4 is 5.32 Å². The van der Waals surface area contributed by atoms with E-state index in [-0.39, 0.29) is 0 Å². The van der Waals surface area contributed by atoms with E-state index in [2.05, 4.69) is 55.5 Å². The van der Waals surface area contributed by atoms with Gasteiger partial charge < -0.3 is 10.2 Å². The summed E-state index contributed by atoms with van der Waals surface area (Å²) in [5.74, 6) is 0. The van der Waals surface area contributed by atoms with Gasteiger partial charge in [0.2, 0.25) is 0 Å². The number of anilines is 1. The molecule has 1 aromatic carbocycles. The van der Waals surface area contributed by atoms with Crippen LogP contribution in [0.4, 0.5) is 5.69 Å². The molecule has 0 saturated carbocycles. The van der Waals surface area contributed by atoms with E-state index in [1.165, 1.54) is 17.7 Å². The fourth-order valence-corrected chi connectivity index (χ4v) is 2.24. The van der Waals surface area contributed by atoms with Crippen molar-refractivity contribution in [2.45, 2.75) is 18.8 Å². The molecule has 0 fully saturated rings. The summed E-state index contributed by atoms with van der Waals surface area (Å²) in [7, 11) is 4.27. The molecular formula is C13H20N2. The number of fused-ring (bicyclic) bond motifs is 1. The Labute approximate surface area is 92.3 Å². The molecule has 15 heavy (non-hydrogen) atoms. The van der Waals surface area contributed by atoms with Crippen LogP contribution in [-0.2, 0) is 5.41 Å². The minimum Gasteiger partial charge on any atom is -0.384 e. The number of hydrogen-bond acceptors (Lipinski definition) is 2. The Kier molecular flexibility index (Phi) is 2.70. The van der Waals surface area contributed by atoms with Gasteiger partial charge in [-0.15, -0.1) is 0 Å². The van der Waals surface area contributed by atoms with Gasteiger partial charge in [0.1, 0.15) is 0 Å². The Morgan fingerprint density at radius 2 is 2.07 bits per heavy atom. The molecule has 0 amide bonds. The topological polar surface area (TPSA) is 15.3 Å². The molecule has 0 bridgehead atoms. The monoisotopic (exact) mass is 204 g/mol. The molecule has 82 valence electrons. The van der Waals surface area contributed by atoms with Gasteiger partial charge in [0.05, 0.1) is 0 Å². The number of benzene rings is 1. The number of nitrogens with zero attached hydrogens (tertiary/aromatic N) is 1. The summed E-state index contributed by atoms with van der Waals surface area (Å²) in [6.45, 7) is 4.57. The Morgan fingerprint density at radius 3 is 2.80 bits per heavy atom. The summed E-state index contributed by atoms with van der Waals surface area (Å²) < 4.78 is 0. The third kappa shape index (κ3) is 2.00. The summed E-state index contributed by atoms with van der Waals surface area (Å²) in [5, 5.41) is 3.50. The number of nitrogens with one attached hydrogen (secondary N) is 1. The minimum atomic E-state index is 0.306. The van der Waals surface area contributed by atoms with Crippen LogP contribution in [0.5, 0.6) is 0 Å². The highest BCUT2D eigenvalue weighted by molar-refractivity contribution is 5.59. The van der Waals surface area contributed by atoms with Crippen LogP contribution in [-0.4, -0.2) is 32.1 Å². The van der Waals surface area contributed by atoms with E-state index in [4.69, 9.17) is 0 Å². The molecule has 1 aliphatic heterocycles. The van der Waals surface area contributed by atoms with Gasteiger partial charge >= 0.3 is 0 Å². The van der Waals surface area contributed by atoms with Crippen LogP contribution in [0.3, 0.4) is 0 Å². The van der Waals surface area contributed by atoms with Crippen LogP contribution in [0.15, 0.2) is 24.3 Å². The zero-order valence-electron chi connectivity index (χ0n) is 9.88. The summed E-state index contributed by atoms with van der Waals surface area (Å²) in [5.41, 5.74) is 3.10. The summed E-state index contributed by atoms with van der Waals surface area (Å²) in [6.07, 6.45) is 1.21. The SMILES string of the molecule is CN(C)CCC1(C)CNc2ccccc21. The predicted molar refractivity (Wildman–Crippen MR) is 65.5 cm³/mol. The fraction of sp³-hybridized carbons (Fsp3) is 0.538. The highest BCUT2D eigenvalue weighted by Gasteiger charge is 2.33. The van der Waals surface area contributed by atoms with Gasteiger partial charge in [-0.3, -0.25) is 0 Å². The average molecular weight is 204 g/mol. The van der Waals surface area contributed by atoms with Gasteiger partial charge in [0.25, 0.3) is 0 Å². The Bertz CT molecular complexity index is 346. The van der Waals surface area contributed by atoms with Crippen molar-refractivity contribution in [3.8, 4) is 0 Å². The Hall–Kier alpha value is -1.02. The largest absolute Gasteiger partial charge is 0.384 e. The first-order chi connectivity index (χ1) is 7.12. The molecule has 1 atom stereocenters. The van der Waals surface area contributed by atoms with Gasteiger partial charge in [-0.2, -0.15) is 0 Å². The van der Waals surface area contributed by atoms with Crippen LogP contribution in [0.25, 0.3) is 0 Å². The summed E-state index contributed by atoms with van der Waals surface area (Å²) >= 11 is 0. The molecule has 1 heterocycles. The molecule has 1 aliphatic rings. The fourth-order valence-electron chi connectivity index (χ4n) is 2.24. The van der Waals surface area contributed by atoms with Crippen LogP contribution in [0, 0.1) is 0 Å². The summed E-state index contributed by atoms with van der Waals surface area (Å²) in [4.78, 5) is 2.26. The number of para-hydroxylation sites is 1. The van der Waals surface area contributed by atoms with Crippen molar-refractivity contribution in [2.24, 2.45) is 0 Å². The lowest BCUT2D eigenvalue weighted by Gasteiger charge is -2.25. The molecule has 2 rings (SSSR count). The lowest BCUT2D eigenvalue weighted by Crippen LogP contribution is -2.29. The van der Waals surface area contributed by atoms with E-state index in [9.17, 15) is 0 Å². The molecule has 1 unspecified atom stereocenters. The molecule has 0 radical (unpaired) electrons. The van der Waals surface area contributed by atoms with Gasteiger partial charge in [0, 0.05) is 17.6 Å². The van der Waals surface area contributed by atoms with Crippen LogP contribution in [0.1, 0.15) is 18.9 Å². The third-order valence-corrected chi connectivity index (χ3v) is 3.36. The maximum absolute atomic E-state index is 3.50. The van der Waals surface area contributed by atoms with Gasteiger partial charge in [-0.05, 0) is 38.7 Å². The highest BCUT2D eigenvalue weighted by Crippen LogP contribution is 2.38. The van der Waals surface area contributed by atoms with Crippen molar-refractivity contribution in [1.29, 1.82) is 0 Å². The van der Waals surface area contributed by atoms with Crippen molar-refractivity contribution in [3.63, 3.8) is 0 Å². The van der Waals surface area contributed by atoms with E-state index < -0.39 is 0 Å². The van der Waals surface area contributed by atoms with E-state index >= 15 is 0 Å². The normalized spacial score (nSPS) is 24.0. The van der Waals surface area contributed by atoms with E-state index in [0.717, 1.165) is 13.1 Å². The van der Waals surface area contributed by atoms with Crippen molar-refractivity contribution >= 4 is 5.69 Å². The molecule has 2 nitrogen and oxygen atoms in total. The standard InChI is InChI=1S/C13H20N2/c1-13(8-9-15(2)3)10-14-12-7-5-4-6-11(12)13/h4-7,14H,8-10H2,1-3H3. The summed E-state index contributed by atoms with van der Waals surface area (Å²) in [6, 6.07) is 8.67. The minimum absolute atomic E-state index is 0.306. The maximum Gasteiger partial charge on any atom is 0.0379 e. The maximum atomic E-state index is 3.50. The van der Waals surface area contributed by atoms with Crippen LogP contribution >= 0.6 is 0 Å². The van der Waals surface area contributed by atoms with Crippen molar-refractivity contribution in [3.05, 3.63) is 29.8 Å². The molecule has 2 heteroatoms.